The summed E-state index contributed by atoms with van der Waals surface area (Å²) in [4.78, 5) is 0. The van der Waals surface area contributed by atoms with Gasteiger partial charge in [0, 0.05) is 12.1 Å². The third-order valence-corrected chi connectivity index (χ3v) is 2.57. The molecule has 90 valence electrons. The Balaban J connectivity index is 3.00. The van der Waals surface area contributed by atoms with Crippen molar-refractivity contribution in [3.63, 3.8) is 0 Å². The number of aryl methyl sites for hydroxylation is 1. The molecule has 0 unspecified atom stereocenters. The van der Waals surface area contributed by atoms with Crippen molar-refractivity contribution in [1.82, 2.24) is 10.2 Å². The van der Waals surface area contributed by atoms with Crippen LogP contribution in [0, 0.1) is 13.8 Å². The number of nitrogens with two attached hydrogens (primary N) is 1. The zero-order chi connectivity index (χ0) is 12.1. The van der Waals surface area contributed by atoms with Gasteiger partial charge >= 0.3 is 0 Å². The fraction of sp³-hybridized carbons (Fsp3) is 0.600. The molecule has 5 N–H and O–H groups in total. The number of aromatic nitrogens is 2. The molecule has 0 aliphatic carbocycles. The van der Waals surface area contributed by atoms with Crippen LogP contribution < -0.4 is 11.1 Å². The molecule has 1 aromatic heterocycles. The lowest BCUT2D eigenvalue weighted by Gasteiger charge is -2.17. The van der Waals surface area contributed by atoms with Crippen molar-refractivity contribution in [2.45, 2.75) is 26.4 Å². The van der Waals surface area contributed by atoms with Gasteiger partial charge in [0.1, 0.15) is 0 Å². The zero-order valence-corrected chi connectivity index (χ0v) is 9.56. The molecule has 0 aliphatic heterocycles. The normalized spacial score (nSPS) is 10.9. The second-order valence-electron chi connectivity index (χ2n) is 3.65. The predicted octanol–water partition coefficient (Wildman–Crippen LogP) is -0.683. The molecule has 0 fully saturated rings. The summed E-state index contributed by atoms with van der Waals surface area (Å²) in [5, 5.41) is 28.8. The van der Waals surface area contributed by atoms with Crippen molar-refractivity contribution in [2.24, 2.45) is 5.73 Å². The van der Waals surface area contributed by atoms with Crippen molar-refractivity contribution in [3.05, 3.63) is 16.8 Å². The van der Waals surface area contributed by atoms with Gasteiger partial charge in [-0.05, 0) is 19.4 Å². The molecule has 0 saturated carbocycles. The Bertz CT molecular complexity index is 353. The van der Waals surface area contributed by atoms with E-state index in [2.05, 4.69) is 15.5 Å². The molecule has 0 amide bonds. The van der Waals surface area contributed by atoms with Gasteiger partial charge in [0.05, 0.1) is 24.9 Å². The van der Waals surface area contributed by atoms with Gasteiger partial charge in [-0.2, -0.15) is 5.10 Å². The summed E-state index contributed by atoms with van der Waals surface area (Å²) in [5.74, 6) is 0.527. The Morgan fingerprint density at radius 2 is 1.88 bits per heavy atom. The molecule has 0 aliphatic rings. The first-order chi connectivity index (χ1) is 7.63. The van der Waals surface area contributed by atoms with E-state index in [1.165, 1.54) is 0 Å². The number of anilines is 1. The number of aliphatic hydroxyl groups excluding tert-OH is 2. The highest BCUT2D eigenvalue weighted by Crippen LogP contribution is 2.18. The van der Waals surface area contributed by atoms with Crippen molar-refractivity contribution in [3.8, 4) is 0 Å². The van der Waals surface area contributed by atoms with Crippen molar-refractivity contribution < 1.29 is 10.2 Å². The molecule has 1 heterocycles. The molecule has 6 nitrogen and oxygen atoms in total. The smallest absolute Gasteiger partial charge is 0.153 e. The average Bonchev–Trinajstić information content (AvgIpc) is 2.30. The van der Waals surface area contributed by atoms with Crippen LogP contribution in [-0.2, 0) is 6.54 Å². The van der Waals surface area contributed by atoms with Gasteiger partial charge < -0.3 is 21.3 Å². The van der Waals surface area contributed by atoms with E-state index in [0.717, 1.165) is 16.8 Å². The molecular formula is C10H18N4O2. The van der Waals surface area contributed by atoms with Crippen LogP contribution in [0.2, 0.25) is 0 Å². The standard InChI is InChI=1S/C10H18N4O2/c1-6-7(2)13-14-10(9(6)3-11)12-8(4-15)5-16/h8,15-16H,3-5,11H2,1-2H3,(H,12,14). The van der Waals surface area contributed by atoms with E-state index in [9.17, 15) is 0 Å². The Morgan fingerprint density at radius 1 is 1.25 bits per heavy atom. The lowest BCUT2D eigenvalue weighted by molar-refractivity contribution is 0.203. The lowest BCUT2D eigenvalue weighted by Crippen LogP contribution is -2.29. The molecule has 0 spiro atoms. The van der Waals surface area contributed by atoms with Crippen molar-refractivity contribution >= 4 is 5.82 Å². The summed E-state index contributed by atoms with van der Waals surface area (Å²) >= 11 is 0. The van der Waals surface area contributed by atoms with Gasteiger partial charge in [0.25, 0.3) is 0 Å². The molecule has 0 aromatic carbocycles. The van der Waals surface area contributed by atoms with E-state index in [0.29, 0.717) is 12.4 Å². The van der Waals surface area contributed by atoms with Crippen LogP contribution in [-0.4, -0.2) is 39.7 Å². The quantitative estimate of drug-likeness (QED) is 0.530. The van der Waals surface area contributed by atoms with Crippen LogP contribution in [0.15, 0.2) is 0 Å². The first-order valence-electron chi connectivity index (χ1n) is 5.15. The summed E-state index contributed by atoms with van der Waals surface area (Å²) in [6.07, 6.45) is 0. The number of hydrogen-bond donors (Lipinski definition) is 4. The monoisotopic (exact) mass is 226 g/mol. The molecule has 1 rings (SSSR count). The SMILES string of the molecule is Cc1nnc(NC(CO)CO)c(CN)c1C. The first-order valence-corrected chi connectivity index (χ1v) is 5.15. The van der Waals surface area contributed by atoms with Crippen molar-refractivity contribution in [1.29, 1.82) is 0 Å². The van der Waals surface area contributed by atoms with Crippen molar-refractivity contribution in [2.75, 3.05) is 18.5 Å². The Morgan fingerprint density at radius 3 is 2.38 bits per heavy atom. The number of nitrogens with one attached hydrogen (secondary N) is 1. The molecule has 1 aromatic rings. The van der Waals surface area contributed by atoms with E-state index in [4.69, 9.17) is 15.9 Å². The second-order valence-corrected chi connectivity index (χ2v) is 3.65. The minimum Gasteiger partial charge on any atom is -0.394 e. The summed E-state index contributed by atoms with van der Waals surface area (Å²) in [6, 6.07) is -0.443. The molecule has 0 saturated heterocycles. The second kappa shape index (κ2) is 5.74. The number of nitrogens with zero attached hydrogens (tertiary/aromatic N) is 2. The minimum absolute atomic E-state index is 0.172. The fourth-order valence-electron chi connectivity index (χ4n) is 1.36. The third-order valence-electron chi connectivity index (χ3n) is 2.57. The van der Waals surface area contributed by atoms with Gasteiger partial charge in [-0.3, -0.25) is 0 Å². The zero-order valence-electron chi connectivity index (χ0n) is 9.56. The molecule has 6 heteroatoms. The van der Waals surface area contributed by atoms with E-state index in [-0.39, 0.29) is 13.2 Å². The first kappa shape index (κ1) is 12.8. The minimum atomic E-state index is -0.443. The molecule has 0 radical (unpaired) electrons. The van der Waals surface area contributed by atoms with E-state index >= 15 is 0 Å². The Kier molecular flexibility index (Phi) is 4.60. The largest absolute Gasteiger partial charge is 0.394 e. The van der Waals surface area contributed by atoms with Gasteiger partial charge in [-0.15, -0.1) is 5.10 Å². The molecule has 0 atom stereocenters. The summed E-state index contributed by atoms with van der Waals surface area (Å²) in [6.45, 7) is 3.78. The highest BCUT2D eigenvalue weighted by Gasteiger charge is 2.13. The van der Waals surface area contributed by atoms with E-state index in [1.54, 1.807) is 0 Å². The number of hydrogen-bond acceptors (Lipinski definition) is 6. The average molecular weight is 226 g/mol. The van der Waals surface area contributed by atoms with E-state index in [1.807, 2.05) is 13.8 Å². The Hall–Kier alpha value is -1.24. The summed E-state index contributed by atoms with van der Waals surface area (Å²) in [7, 11) is 0. The number of aliphatic hydroxyl groups is 2. The predicted molar refractivity (Wildman–Crippen MR) is 61.0 cm³/mol. The van der Waals surface area contributed by atoms with Crippen LogP contribution in [0.3, 0.4) is 0 Å². The highest BCUT2D eigenvalue weighted by molar-refractivity contribution is 5.48. The topological polar surface area (TPSA) is 104 Å². The van der Waals surface area contributed by atoms with Crippen LogP contribution in [0.4, 0.5) is 5.82 Å². The number of rotatable bonds is 5. The van der Waals surface area contributed by atoms with Gasteiger partial charge in [0.2, 0.25) is 0 Å². The van der Waals surface area contributed by atoms with Crippen LogP contribution >= 0.6 is 0 Å². The van der Waals surface area contributed by atoms with Gasteiger partial charge in [-0.25, -0.2) is 0 Å². The maximum Gasteiger partial charge on any atom is 0.153 e. The maximum atomic E-state index is 8.97. The summed E-state index contributed by atoms with van der Waals surface area (Å²) < 4.78 is 0. The molecule has 0 bridgehead atoms. The van der Waals surface area contributed by atoms with Gasteiger partial charge in [-0.1, -0.05) is 0 Å². The lowest BCUT2D eigenvalue weighted by atomic mass is 10.1. The van der Waals surface area contributed by atoms with Crippen LogP contribution in [0.1, 0.15) is 16.8 Å². The van der Waals surface area contributed by atoms with Crippen LogP contribution in [0.25, 0.3) is 0 Å². The Labute approximate surface area is 94.5 Å². The molecule has 16 heavy (non-hydrogen) atoms. The maximum absolute atomic E-state index is 8.97. The van der Waals surface area contributed by atoms with E-state index < -0.39 is 6.04 Å². The van der Waals surface area contributed by atoms with Crippen LogP contribution in [0.5, 0.6) is 0 Å². The highest BCUT2D eigenvalue weighted by atomic mass is 16.3. The van der Waals surface area contributed by atoms with Gasteiger partial charge in [0.15, 0.2) is 5.82 Å². The summed E-state index contributed by atoms with van der Waals surface area (Å²) in [5.41, 5.74) is 8.32. The fourth-order valence-corrected chi connectivity index (χ4v) is 1.36. The third kappa shape index (κ3) is 2.66. The molecular weight excluding hydrogens is 208 g/mol.